The number of sulfonamides is 1. The molecule has 2 amide bonds. The lowest BCUT2D eigenvalue weighted by Crippen LogP contribution is -2.52. The molecule has 0 fully saturated rings. The molecule has 0 aliphatic rings. The molecule has 0 saturated heterocycles. The van der Waals surface area contributed by atoms with Gasteiger partial charge >= 0.3 is 0 Å². The Morgan fingerprint density at radius 3 is 2.12 bits per heavy atom. The van der Waals surface area contributed by atoms with Crippen LogP contribution in [0.25, 0.3) is 0 Å². The lowest BCUT2D eigenvalue weighted by atomic mass is 10.1. The van der Waals surface area contributed by atoms with Crippen LogP contribution in [0.1, 0.15) is 32.8 Å². The smallest absolute Gasteiger partial charge is 0.244 e. The lowest BCUT2D eigenvalue weighted by molar-refractivity contribution is -0.139. The van der Waals surface area contributed by atoms with E-state index < -0.39 is 28.5 Å². The van der Waals surface area contributed by atoms with E-state index >= 15 is 0 Å². The second-order valence-electron chi connectivity index (χ2n) is 9.44. The average Bonchev–Trinajstić information content (AvgIpc) is 2.92. The van der Waals surface area contributed by atoms with Crippen LogP contribution in [0.2, 0.25) is 10.0 Å². The van der Waals surface area contributed by atoms with Gasteiger partial charge in [-0.1, -0.05) is 54.4 Å². The zero-order valence-electron chi connectivity index (χ0n) is 22.8. The summed E-state index contributed by atoms with van der Waals surface area (Å²) in [6.45, 7) is 4.92. The second kappa shape index (κ2) is 13.9. The molecule has 11 heteroatoms. The van der Waals surface area contributed by atoms with Crippen LogP contribution in [-0.4, -0.2) is 50.0 Å². The third kappa shape index (κ3) is 8.61. The molecule has 0 saturated carbocycles. The molecular formula is C29H33Cl2N3O5S. The molecule has 0 heterocycles. The van der Waals surface area contributed by atoms with Crippen LogP contribution in [-0.2, 0) is 26.2 Å². The van der Waals surface area contributed by atoms with Crippen molar-refractivity contribution in [1.29, 1.82) is 0 Å². The minimum absolute atomic E-state index is 0.0201. The summed E-state index contributed by atoms with van der Waals surface area (Å²) in [5, 5.41) is 3.55. The van der Waals surface area contributed by atoms with E-state index in [9.17, 15) is 18.0 Å². The van der Waals surface area contributed by atoms with E-state index in [1.54, 1.807) is 61.5 Å². The molecular weight excluding hydrogens is 573 g/mol. The average molecular weight is 607 g/mol. The van der Waals surface area contributed by atoms with E-state index in [1.807, 2.05) is 32.0 Å². The number of nitrogens with one attached hydrogen (secondary N) is 1. The van der Waals surface area contributed by atoms with Crippen LogP contribution in [0.5, 0.6) is 11.5 Å². The molecule has 3 aromatic rings. The molecule has 0 spiro atoms. The third-order valence-corrected chi connectivity index (χ3v) is 8.17. The van der Waals surface area contributed by atoms with Crippen molar-refractivity contribution in [2.24, 2.45) is 0 Å². The van der Waals surface area contributed by atoms with E-state index in [1.165, 1.54) is 4.90 Å². The number of rotatable bonds is 12. The maximum absolute atomic E-state index is 13.7. The topological polar surface area (TPSA) is 96.0 Å². The maximum Gasteiger partial charge on any atom is 0.244 e. The molecule has 0 aliphatic heterocycles. The molecule has 8 nitrogen and oxygen atoms in total. The Morgan fingerprint density at radius 1 is 0.925 bits per heavy atom. The standard InChI is InChI=1S/C29H33Cl2N3O5S/c1-5-20(2)32-29(36)21(3)33(18-22-11-16-26(30)27(31)17-22)28(35)19-34(40(4,37)38)23-12-14-25(15-13-23)39-24-9-7-6-8-10-24/h6-17,20-21H,5,18-19H2,1-4H3,(H,32,36). The van der Waals surface area contributed by atoms with Gasteiger partial charge in [-0.2, -0.15) is 0 Å². The van der Waals surface area contributed by atoms with Crippen molar-refractivity contribution in [2.45, 2.75) is 45.8 Å². The minimum atomic E-state index is -3.87. The van der Waals surface area contributed by atoms with Crippen molar-refractivity contribution in [3.05, 3.63) is 88.4 Å². The van der Waals surface area contributed by atoms with Gasteiger partial charge in [0, 0.05) is 12.6 Å². The maximum atomic E-state index is 13.7. The van der Waals surface area contributed by atoms with E-state index in [0.717, 1.165) is 10.6 Å². The number of para-hydroxylation sites is 1. The Morgan fingerprint density at radius 2 is 1.55 bits per heavy atom. The fourth-order valence-electron chi connectivity index (χ4n) is 3.80. The molecule has 0 radical (unpaired) electrons. The van der Waals surface area contributed by atoms with Crippen molar-refractivity contribution < 1.29 is 22.7 Å². The Balaban J connectivity index is 1.88. The predicted molar refractivity (Wildman–Crippen MR) is 160 cm³/mol. The van der Waals surface area contributed by atoms with E-state index in [-0.39, 0.29) is 24.2 Å². The van der Waals surface area contributed by atoms with Crippen LogP contribution in [0, 0.1) is 0 Å². The first-order valence-corrected chi connectivity index (χ1v) is 15.3. The molecule has 40 heavy (non-hydrogen) atoms. The number of anilines is 1. The first-order valence-electron chi connectivity index (χ1n) is 12.7. The summed E-state index contributed by atoms with van der Waals surface area (Å²) in [6, 6.07) is 19.5. The number of carbonyl (C=O) groups excluding carboxylic acids is 2. The van der Waals surface area contributed by atoms with Gasteiger partial charge in [-0.15, -0.1) is 0 Å². The fraction of sp³-hybridized carbons (Fsp3) is 0.310. The normalized spacial score (nSPS) is 12.8. The van der Waals surface area contributed by atoms with Crippen molar-refractivity contribution in [2.75, 3.05) is 17.1 Å². The van der Waals surface area contributed by atoms with Gasteiger partial charge in [0.25, 0.3) is 0 Å². The van der Waals surface area contributed by atoms with Crippen molar-refractivity contribution in [3.8, 4) is 11.5 Å². The summed E-state index contributed by atoms with van der Waals surface area (Å²) in [6.07, 6.45) is 1.74. The van der Waals surface area contributed by atoms with Crippen molar-refractivity contribution in [1.82, 2.24) is 10.2 Å². The summed E-state index contributed by atoms with van der Waals surface area (Å²) in [5.74, 6) is 0.225. The Kier molecular flexibility index (Phi) is 10.8. The Labute approximate surface area is 245 Å². The predicted octanol–water partition coefficient (Wildman–Crippen LogP) is 5.88. The second-order valence-corrected chi connectivity index (χ2v) is 12.2. The van der Waals surface area contributed by atoms with E-state index in [0.29, 0.717) is 33.5 Å². The van der Waals surface area contributed by atoms with Gasteiger partial charge in [-0.3, -0.25) is 13.9 Å². The SMILES string of the molecule is CCC(C)NC(=O)C(C)N(Cc1ccc(Cl)c(Cl)c1)C(=O)CN(c1ccc(Oc2ccccc2)cc1)S(C)(=O)=O. The lowest BCUT2D eigenvalue weighted by Gasteiger charge is -2.32. The van der Waals surface area contributed by atoms with Crippen LogP contribution in [0.15, 0.2) is 72.8 Å². The number of carbonyl (C=O) groups is 2. The monoisotopic (exact) mass is 605 g/mol. The number of hydrogen-bond donors (Lipinski definition) is 1. The van der Waals surface area contributed by atoms with E-state index in [2.05, 4.69) is 5.32 Å². The fourth-order valence-corrected chi connectivity index (χ4v) is 4.97. The highest BCUT2D eigenvalue weighted by Crippen LogP contribution is 2.27. The van der Waals surface area contributed by atoms with Gasteiger partial charge in [0.2, 0.25) is 21.8 Å². The van der Waals surface area contributed by atoms with Gasteiger partial charge in [0.1, 0.15) is 24.1 Å². The van der Waals surface area contributed by atoms with Gasteiger partial charge in [0.05, 0.1) is 22.0 Å². The van der Waals surface area contributed by atoms with E-state index in [4.69, 9.17) is 27.9 Å². The number of halogens is 2. The highest BCUT2D eigenvalue weighted by molar-refractivity contribution is 7.92. The van der Waals surface area contributed by atoms with Crippen LogP contribution >= 0.6 is 23.2 Å². The van der Waals surface area contributed by atoms with Crippen LogP contribution in [0.3, 0.4) is 0 Å². The van der Waals surface area contributed by atoms with Gasteiger partial charge in [0.15, 0.2) is 0 Å². The number of nitrogens with zero attached hydrogens (tertiary/aromatic N) is 2. The summed E-state index contributed by atoms with van der Waals surface area (Å²) >= 11 is 12.2. The van der Waals surface area contributed by atoms with Gasteiger partial charge < -0.3 is 15.0 Å². The third-order valence-electron chi connectivity index (χ3n) is 6.29. The molecule has 0 aliphatic carbocycles. The Bertz CT molecular complexity index is 1420. The molecule has 1 N–H and O–H groups in total. The van der Waals surface area contributed by atoms with Crippen molar-refractivity contribution in [3.63, 3.8) is 0 Å². The molecule has 2 atom stereocenters. The number of hydrogen-bond acceptors (Lipinski definition) is 5. The minimum Gasteiger partial charge on any atom is -0.457 e. The number of benzene rings is 3. The quantitative estimate of drug-likeness (QED) is 0.278. The Hall–Kier alpha value is -3.27. The summed E-state index contributed by atoms with van der Waals surface area (Å²) < 4.78 is 32.4. The highest BCUT2D eigenvalue weighted by atomic mass is 35.5. The highest BCUT2D eigenvalue weighted by Gasteiger charge is 2.30. The molecule has 0 aromatic heterocycles. The molecule has 3 rings (SSSR count). The summed E-state index contributed by atoms with van der Waals surface area (Å²) in [4.78, 5) is 28.0. The zero-order valence-corrected chi connectivity index (χ0v) is 25.1. The largest absolute Gasteiger partial charge is 0.457 e. The first kappa shape index (κ1) is 31.3. The molecule has 0 bridgehead atoms. The van der Waals surface area contributed by atoms with Crippen molar-refractivity contribution >= 4 is 50.7 Å². The number of amides is 2. The number of ether oxygens (including phenoxy) is 1. The van der Waals surface area contributed by atoms with Crippen LogP contribution in [0.4, 0.5) is 5.69 Å². The van der Waals surface area contributed by atoms with Gasteiger partial charge in [-0.25, -0.2) is 8.42 Å². The first-order chi connectivity index (χ1) is 18.9. The molecule has 3 aromatic carbocycles. The summed E-state index contributed by atoms with van der Waals surface area (Å²) in [7, 11) is -3.87. The molecule has 2 unspecified atom stereocenters. The van der Waals surface area contributed by atoms with Crippen LogP contribution < -0.4 is 14.4 Å². The molecule has 214 valence electrons. The summed E-state index contributed by atoms with van der Waals surface area (Å²) in [5.41, 5.74) is 0.918. The zero-order chi connectivity index (χ0) is 29.4. The van der Waals surface area contributed by atoms with Gasteiger partial charge in [-0.05, 0) is 74.4 Å².